The zero-order valence-corrected chi connectivity index (χ0v) is 10.3. The summed E-state index contributed by atoms with van der Waals surface area (Å²) in [7, 11) is 0. The van der Waals surface area contributed by atoms with E-state index >= 15 is 0 Å². The maximum absolute atomic E-state index is 10.7. The van der Waals surface area contributed by atoms with Gasteiger partial charge in [0.25, 0.3) is 0 Å². The molecule has 18 heavy (non-hydrogen) atoms. The number of hydrogen-bond donors (Lipinski definition) is 2. The normalized spacial score (nSPS) is 18.8. The second-order valence-electron chi connectivity index (χ2n) is 4.26. The summed E-state index contributed by atoms with van der Waals surface area (Å²) in [6.07, 6.45) is 1.05. The van der Waals surface area contributed by atoms with Crippen LogP contribution in [0.5, 0.6) is 0 Å². The number of likely N-dealkylation sites (N-methyl/N-ethyl adjacent to an activating group) is 1. The van der Waals surface area contributed by atoms with Gasteiger partial charge in [0, 0.05) is 25.2 Å². The molecule has 1 unspecified atom stereocenters. The summed E-state index contributed by atoms with van der Waals surface area (Å²) in [6.45, 7) is 4.74. The zero-order valence-electron chi connectivity index (χ0n) is 10.3. The van der Waals surface area contributed by atoms with Crippen LogP contribution in [0, 0.1) is 10.1 Å². The molecule has 0 amide bonds. The van der Waals surface area contributed by atoms with Gasteiger partial charge in [-0.15, -0.1) is 0 Å². The molecule has 1 saturated heterocycles. The van der Waals surface area contributed by atoms with E-state index in [1.165, 1.54) is 6.07 Å². The second kappa shape index (κ2) is 5.18. The molecule has 0 bridgehead atoms. The fourth-order valence-corrected chi connectivity index (χ4v) is 2.28. The lowest BCUT2D eigenvalue weighted by Gasteiger charge is -2.28. The van der Waals surface area contributed by atoms with E-state index in [4.69, 9.17) is 5.73 Å². The van der Waals surface area contributed by atoms with Crippen LogP contribution in [0.3, 0.4) is 0 Å². The highest BCUT2D eigenvalue weighted by atomic mass is 16.6. The molecule has 7 heteroatoms. The number of aromatic nitrogens is 1. The summed E-state index contributed by atoms with van der Waals surface area (Å²) >= 11 is 0. The zero-order chi connectivity index (χ0) is 13.1. The molecule has 1 aliphatic heterocycles. The highest BCUT2D eigenvalue weighted by Crippen LogP contribution is 2.25. The summed E-state index contributed by atoms with van der Waals surface area (Å²) in [5.74, 6) is 0.677. The molecule has 98 valence electrons. The molecule has 0 saturated carbocycles. The van der Waals surface area contributed by atoms with Gasteiger partial charge in [0.2, 0.25) is 5.82 Å². The van der Waals surface area contributed by atoms with Crippen molar-refractivity contribution >= 4 is 17.3 Å². The monoisotopic (exact) mass is 251 g/mol. The molecule has 2 rings (SSSR count). The SMILES string of the molecule is CCN(c1ccc([N+](=O)[O-])c(N)n1)C1CCNC1. The van der Waals surface area contributed by atoms with Crippen molar-refractivity contribution in [3.05, 3.63) is 22.2 Å². The summed E-state index contributed by atoms with van der Waals surface area (Å²) in [4.78, 5) is 16.4. The van der Waals surface area contributed by atoms with Crippen LogP contribution in [0.25, 0.3) is 0 Å². The molecule has 0 aromatic carbocycles. The van der Waals surface area contributed by atoms with Crippen molar-refractivity contribution in [1.29, 1.82) is 0 Å². The molecule has 1 atom stereocenters. The Labute approximate surface area is 105 Å². The van der Waals surface area contributed by atoms with Crippen LogP contribution < -0.4 is 16.0 Å². The molecule has 1 fully saturated rings. The highest BCUT2D eigenvalue weighted by Gasteiger charge is 2.23. The number of nitrogens with one attached hydrogen (secondary N) is 1. The summed E-state index contributed by atoms with van der Waals surface area (Å²) in [6, 6.07) is 3.46. The number of nitrogens with two attached hydrogens (primary N) is 1. The van der Waals surface area contributed by atoms with E-state index in [1.54, 1.807) is 6.07 Å². The number of rotatable bonds is 4. The Morgan fingerprint density at radius 1 is 1.67 bits per heavy atom. The average Bonchev–Trinajstić information content (AvgIpc) is 2.83. The minimum Gasteiger partial charge on any atom is -0.378 e. The number of pyridine rings is 1. The van der Waals surface area contributed by atoms with E-state index in [1.807, 2.05) is 6.92 Å². The van der Waals surface area contributed by atoms with E-state index in [2.05, 4.69) is 15.2 Å². The van der Waals surface area contributed by atoms with Crippen molar-refractivity contribution < 1.29 is 4.92 Å². The van der Waals surface area contributed by atoms with Crippen molar-refractivity contribution in [3.8, 4) is 0 Å². The number of nitrogen functional groups attached to an aromatic ring is 1. The third-order valence-corrected chi connectivity index (χ3v) is 3.19. The second-order valence-corrected chi connectivity index (χ2v) is 4.26. The van der Waals surface area contributed by atoms with Gasteiger partial charge in [0.15, 0.2) is 0 Å². The van der Waals surface area contributed by atoms with Gasteiger partial charge < -0.3 is 16.0 Å². The Balaban J connectivity index is 2.26. The van der Waals surface area contributed by atoms with Gasteiger partial charge >= 0.3 is 5.69 Å². The van der Waals surface area contributed by atoms with Crippen molar-refractivity contribution in [2.24, 2.45) is 0 Å². The first kappa shape index (κ1) is 12.6. The number of nitrogens with zero attached hydrogens (tertiary/aromatic N) is 3. The lowest BCUT2D eigenvalue weighted by atomic mass is 10.2. The van der Waals surface area contributed by atoms with Crippen LogP contribution >= 0.6 is 0 Å². The lowest BCUT2D eigenvalue weighted by Crippen LogP contribution is -2.37. The van der Waals surface area contributed by atoms with E-state index < -0.39 is 4.92 Å². The van der Waals surface area contributed by atoms with E-state index in [-0.39, 0.29) is 11.5 Å². The Bertz CT molecular complexity index is 445. The molecule has 1 aromatic heterocycles. The summed E-state index contributed by atoms with van der Waals surface area (Å²) in [5.41, 5.74) is 5.48. The van der Waals surface area contributed by atoms with E-state index in [9.17, 15) is 10.1 Å². The van der Waals surface area contributed by atoms with Crippen LogP contribution in [0.4, 0.5) is 17.3 Å². The minimum absolute atomic E-state index is 0.0260. The van der Waals surface area contributed by atoms with Gasteiger partial charge in [-0.05, 0) is 26.0 Å². The third kappa shape index (κ3) is 2.35. The molecular weight excluding hydrogens is 234 g/mol. The van der Waals surface area contributed by atoms with Crippen molar-refractivity contribution in [2.75, 3.05) is 30.3 Å². The fraction of sp³-hybridized carbons (Fsp3) is 0.545. The van der Waals surface area contributed by atoms with Crippen molar-refractivity contribution in [2.45, 2.75) is 19.4 Å². The Morgan fingerprint density at radius 3 is 2.94 bits per heavy atom. The predicted octanol–water partition coefficient (Wildman–Crippen LogP) is 0.760. The first-order valence-electron chi connectivity index (χ1n) is 6.01. The summed E-state index contributed by atoms with van der Waals surface area (Å²) in [5, 5.41) is 14.0. The molecule has 2 heterocycles. The van der Waals surface area contributed by atoms with Crippen LogP contribution in [-0.2, 0) is 0 Å². The molecule has 0 spiro atoms. The first-order chi connectivity index (χ1) is 8.63. The number of hydrogen-bond acceptors (Lipinski definition) is 6. The van der Waals surface area contributed by atoms with Gasteiger partial charge in [0.05, 0.1) is 4.92 Å². The standard InChI is InChI=1S/C11H17N5O2/c1-2-15(8-5-6-13-7-8)10-4-3-9(16(17)18)11(12)14-10/h3-4,8,13H,2,5-7H2,1H3,(H2,12,14). The van der Waals surface area contributed by atoms with Crippen LogP contribution in [-0.4, -0.2) is 35.6 Å². The lowest BCUT2D eigenvalue weighted by molar-refractivity contribution is -0.384. The van der Waals surface area contributed by atoms with Crippen LogP contribution in [0.15, 0.2) is 12.1 Å². The highest BCUT2D eigenvalue weighted by molar-refractivity contribution is 5.58. The average molecular weight is 251 g/mol. The maximum atomic E-state index is 10.7. The molecular formula is C11H17N5O2. The fourth-order valence-electron chi connectivity index (χ4n) is 2.28. The largest absolute Gasteiger partial charge is 0.378 e. The van der Waals surface area contributed by atoms with Gasteiger partial charge in [-0.1, -0.05) is 0 Å². The van der Waals surface area contributed by atoms with Gasteiger partial charge in [-0.3, -0.25) is 10.1 Å². The minimum atomic E-state index is -0.514. The molecule has 1 aromatic rings. The Hall–Kier alpha value is -1.89. The van der Waals surface area contributed by atoms with Crippen molar-refractivity contribution in [3.63, 3.8) is 0 Å². The van der Waals surface area contributed by atoms with Crippen LogP contribution in [0.2, 0.25) is 0 Å². The van der Waals surface area contributed by atoms with Crippen LogP contribution in [0.1, 0.15) is 13.3 Å². The Kier molecular flexibility index (Phi) is 3.61. The molecule has 0 radical (unpaired) electrons. The van der Waals surface area contributed by atoms with E-state index in [0.717, 1.165) is 26.1 Å². The quantitative estimate of drug-likeness (QED) is 0.605. The van der Waals surface area contributed by atoms with E-state index in [0.29, 0.717) is 11.9 Å². The number of anilines is 2. The molecule has 0 aliphatic carbocycles. The maximum Gasteiger partial charge on any atom is 0.311 e. The first-order valence-corrected chi connectivity index (χ1v) is 6.01. The third-order valence-electron chi connectivity index (χ3n) is 3.19. The van der Waals surface area contributed by atoms with Gasteiger partial charge in [-0.25, -0.2) is 4.98 Å². The smallest absolute Gasteiger partial charge is 0.311 e. The van der Waals surface area contributed by atoms with Gasteiger partial charge in [0.1, 0.15) is 5.82 Å². The van der Waals surface area contributed by atoms with Crippen molar-refractivity contribution in [1.82, 2.24) is 10.3 Å². The van der Waals surface area contributed by atoms with Gasteiger partial charge in [-0.2, -0.15) is 0 Å². The summed E-state index contributed by atoms with van der Waals surface area (Å²) < 4.78 is 0. The molecule has 7 nitrogen and oxygen atoms in total. The molecule has 1 aliphatic rings. The number of nitro groups is 1. The molecule has 3 N–H and O–H groups in total. The Morgan fingerprint density at radius 2 is 2.44 bits per heavy atom. The predicted molar refractivity (Wildman–Crippen MR) is 69.6 cm³/mol. The topological polar surface area (TPSA) is 97.3 Å².